The summed E-state index contributed by atoms with van der Waals surface area (Å²) in [6.07, 6.45) is -1.56. The summed E-state index contributed by atoms with van der Waals surface area (Å²) in [6.45, 7) is 22.2. The van der Waals surface area contributed by atoms with Gasteiger partial charge in [-0.25, -0.2) is 9.59 Å². The molecule has 0 fully saturated rings. The summed E-state index contributed by atoms with van der Waals surface area (Å²) in [6, 6.07) is 45.9. The lowest BCUT2D eigenvalue weighted by Gasteiger charge is -2.34. The van der Waals surface area contributed by atoms with Gasteiger partial charge in [-0.1, -0.05) is 189 Å². The highest BCUT2D eigenvalue weighted by atomic mass is 16.7. The number of ketones is 1. The third-order valence-electron chi connectivity index (χ3n) is 11.3. The number of para-hydroxylation sites is 1. The fourth-order valence-electron chi connectivity index (χ4n) is 8.39. The lowest BCUT2D eigenvalue weighted by molar-refractivity contribution is -0.120. The third kappa shape index (κ3) is 10.4. The van der Waals surface area contributed by atoms with Gasteiger partial charge in [0.05, 0.1) is 19.6 Å². The van der Waals surface area contributed by atoms with Gasteiger partial charge in [0.15, 0.2) is 5.78 Å². The highest BCUT2D eigenvalue weighted by Crippen LogP contribution is 2.53. The number of hydrogen-bond acceptors (Lipinski definition) is 8. The predicted molar refractivity (Wildman–Crippen MR) is 266 cm³/mol. The fourth-order valence-corrected chi connectivity index (χ4v) is 8.39. The number of methoxy groups -OCH3 is 2. The fraction of sp³-hybridized carbons (Fsp3) is 0.298. The summed E-state index contributed by atoms with van der Waals surface area (Å²) in [5.41, 5.74) is 7.61. The Morgan fingerprint density at radius 3 is 1.33 bits per heavy atom. The third-order valence-corrected chi connectivity index (χ3v) is 11.3. The number of rotatable bonds is 6. The number of carbonyl (C=O) groups is 4. The highest BCUT2D eigenvalue weighted by molar-refractivity contribution is 6.13. The number of likely N-dealkylation sites (N-methyl/N-ethyl adjacent to an activating group) is 1. The Hall–Kier alpha value is -7.00. The van der Waals surface area contributed by atoms with E-state index in [0.717, 1.165) is 55.8 Å². The molecule has 3 atom stereocenters. The van der Waals surface area contributed by atoms with Crippen LogP contribution >= 0.6 is 0 Å². The number of Topliss-reactive ketones (excluding diaryl/α,β-unsaturated/α-hetero) is 1. The molecule has 3 unspecified atom stereocenters. The van der Waals surface area contributed by atoms with E-state index in [1.807, 2.05) is 191 Å². The molecule has 0 aromatic heterocycles. The van der Waals surface area contributed by atoms with E-state index in [2.05, 4.69) is 16.4 Å². The standard InChI is InChI=1S/C25H22O4.C24H21NO4.4C2H6/c1-16-8-10-18(11-9-16)25(17(2)21-6-4-5-7-22(21)23(25)26)19-12-14-20(15-13-19)29-24(27)28-3;1-16-8-10-17(11-9-16)24(18-12-14-19(15-13-18)29-23(27)28-3)20-6-4-5-7-21(20)25(2)22(24)26;4*1-2/h4-15,17H,1-3H3;4-15H,1-3H3;4*1-2H3. The molecule has 1 amide bonds. The largest absolute Gasteiger partial charge is 0.513 e. The minimum atomic E-state index is -0.969. The smallest absolute Gasteiger partial charge is 0.437 e. The molecule has 1 aliphatic heterocycles. The first-order valence-corrected chi connectivity index (χ1v) is 22.8. The van der Waals surface area contributed by atoms with E-state index in [-0.39, 0.29) is 17.6 Å². The Morgan fingerprint density at radius 1 is 0.515 bits per heavy atom. The van der Waals surface area contributed by atoms with Crippen molar-refractivity contribution >= 4 is 29.7 Å². The maximum Gasteiger partial charge on any atom is 0.513 e. The van der Waals surface area contributed by atoms with E-state index in [9.17, 15) is 19.2 Å². The van der Waals surface area contributed by atoms with Crippen molar-refractivity contribution in [1.29, 1.82) is 0 Å². The predicted octanol–water partition coefficient (Wildman–Crippen LogP) is 14.0. The average Bonchev–Trinajstić information content (AvgIpc) is 3.74. The summed E-state index contributed by atoms with van der Waals surface area (Å²) >= 11 is 0. The summed E-state index contributed by atoms with van der Waals surface area (Å²) in [5.74, 6) is 0.749. The van der Waals surface area contributed by atoms with Crippen molar-refractivity contribution in [2.24, 2.45) is 0 Å². The molecule has 0 radical (unpaired) electrons. The van der Waals surface area contributed by atoms with Crippen LogP contribution in [0.2, 0.25) is 0 Å². The zero-order chi connectivity index (χ0) is 49.2. The number of fused-ring (bicyclic) bond motifs is 2. The van der Waals surface area contributed by atoms with Crippen LogP contribution in [0.25, 0.3) is 0 Å². The van der Waals surface area contributed by atoms with E-state index >= 15 is 0 Å². The topological polar surface area (TPSA) is 108 Å². The Kier molecular flexibility index (Phi) is 20.1. The van der Waals surface area contributed by atoms with Gasteiger partial charge in [-0.05, 0) is 72.0 Å². The van der Waals surface area contributed by atoms with Crippen LogP contribution in [0, 0.1) is 13.8 Å². The maximum absolute atomic E-state index is 13.8. The molecule has 0 saturated carbocycles. The van der Waals surface area contributed by atoms with Gasteiger partial charge in [0.1, 0.15) is 16.9 Å². The molecule has 2 aliphatic rings. The monoisotopic (exact) mass is 893 g/mol. The Bertz CT molecular complexity index is 2500. The van der Waals surface area contributed by atoms with Crippen LogP contribution in [-0.2, 0) is 25.1 Å². The number of hydrogen-bond donors (Lipinski definition) is 0. The molecule has 6 aromatic rings. The molecule has 1 heterocycles. The molecule has 66 heavy (non-hydrogen) atoms. The normalized spacial score (nSPS) is 17.1. The summed E-state index contributed by atoms with van der Waals surface area (Å²) < 4.78 is 19.3. The number of carbonyl (C=O) groups excluding carboxylic acids is 4. The van der Waals surface area contributed by atoms with Gasteiger partial charge in [0.25, 0.3) is 0 Å². The van der Waals surface area contributed by atoms with Crippen LogP contribution in [0.5, 0.6) is 11.5 Å². The van der Waals surface area contributed by atoms with Crippen molar-refractivity contribution in [3.8, 4) is 11.5 Å². The van der Waals surface area contributed by atoms with Crippen LogP contribution in [0.3, 0.4) is 0 Å². The van der Waals surface area contributed by atoms with Crippen molar-refractivity contribution in [3.63, 3.8) is 0 Å². The van der Waals surface area contributed by atoms with E-state index in [4.69, 9.17) is 9.47 Å². The zero-order valence-corrected chi connectivity index (χ0v) is 41.1. The van der Waals surface area contributed by atoms with Crippen LogP contribution in [0.15, 0.2) is 146 Å². The second kappa shape index (κ2) is 24.9. The molecule has 0 N–H and O–H groups in total. The van der Waals surface area contributed by atoms with E-state index in [1.165, 1.54) is 14.2 Å². The second-order valence-corrected chi connectivity index (χ2v) is 14.5. The lowest BCUT2D eigenvalue weighted by Crippen LogP contribution is -2.40. The molecular formula is C57H67NO8. The van der Waals surface area contributed by atoms with Crippen molar-refractivity contribution in [2.45, 2.75) is 92.9 Å². The second-order valence-electron chi connectivity index (χ2n) is 14.5. The summed E-state index contributed by atoms with van der Waals surface area (Å²) in [4.78, 5) is 52.0. The van der Waals surface area contributed by atoms with Gasteiger partial charge in [0, 0.05) is 29.8 Å². The average molecular weight is 894 g/mol. The molecule has 348 valence electrons. The molecule has 0 spiro atoms. The molecule has 0 bridgehead atoms. The van der Waals surface area contributed by atoms with Crippen LogP contribution in [0.4, 0.5) is 15.3 Å². The van der Waals surface area contributed by atoms with Gasteiger partial charge >= 0.3 is 12.3 Å². The molecule has 9 nitrogen and oxygen atoms in total. The zero-order valence-electron chi connectivity index (χ0n) is 41.1. The number of nitrogens with zero attached hydrogens (tertiary/aromatic N) is 1. The number of aryl methyl sites for hydroxylation is 2. The first kappa shape index (κ1) is 53.3. The molecule has 1 aliphatic carbocycles. The Morgan fingerprint density at radius 2 is 0.894 bits per heavy atom. The van der Waals surface area contributed by atoms with Crippen molar-refractivity contribution in [3.05, 3.63) is 196 Å². The minimum Gasteiger partial charge on any atom is -0.437 e. The van der Waals surface area contributed by atoms with Gasteiger partial charge in [-0.3, -0.25) is 9.59 Å². The first-order valence-electron chi connectivity index (χ1n) is 22.8. The Labute approximate surface area is 392 Å². The highest BCUT2D eigenvalue weighted by Gasteiger charge is 2.54. The number of anilines is 1. The van der Waals surface area contributed by atoms with Crippen molar-refractivity contribution in [1.82, 2.24) is 0 Å². The first-order chi connectivity index (χ1) is 32.0. The quantitative estimate of drug-likeness (QED) is 0.120. The number of ether oxygens (including phenoxy) is 4. The molecule has 9 heteroatoms. The molecule has 8 rings (SSSR count). The number of benzene rings is 6. The SMILES string of the molecule is CC.CC.CC.CC.COC(=O)Oc1ccc(C2(c3ccc(C)cc3)C(=O)N(C)c3ccccc32)cc1.COC(=O)Oc1ccc(C2(c3ccc(C)cc3)C(=O)c3ccccc3C2C)cc1. The minimum absolute atomic E-state index is 0.0239. The van der Waals surface area contributed by atoms with Crippen LogP contribution in [-0.4, -0.2) is 45.3 Å². The van der Waals surface area contributed by atoms with Gasteiger partial charge < -0.3 is 23.8 Å². The van der Waals surface area contributed by atoms with E-state index in [1.54, 1.807) is 36.2 Å². The van der Waals surface area contributed by atoms with E-state index < -0.39 is 23.1 Å². The molecule has 0 saturated heterocycles. The lowest BCUT2D eigenvalue weighted by atomic mass is 9.66. The summed E-state index contributed by atoms with van der Waals surface area (Å²) in [5, 5.41) is 0. The van der Waals surface area contributed by atoms with Crippen molar-refractivity contribution in [2.75, 3.05) is 26.2 Å². The number of amides is 1. The molecule has 6 aromatic carbocycles. The van der Waals surface area contributed by atoms with Crippen LogP contribution < -0.4 is 14.4 Å². The van der Waals surface area contributed by atoms with Gasteiger partial charge in [-0.15, -0.1) is 0 Å². The van der Waals surface area contributed by atoms with E-state index in [0.29, 0.717) is 11.5 Å². The summed E-state index contributed by atoms with van der Waals surface area (Å²) in [7, 11) is 4.32. The van der Waals surface area contributed by atoms with Gasteiger partial charge in [0.2, 0.25) is 5.91 Å². The molecular weight excluding hydrogens is 827 g/mol. The maximum atomic E-state index is 13.8. The van der Waals surface area contributed by atoms with Gasteiger partial charge in [-0.2, -0.15) is 0 Å². The Balaban J connectivity index is 0.000000305. The van der Waals surface area contributed by atoms with Crippen molar-refractivity contribution < 1.29 is 38.1 Å². The van der Waals surface area contributed by atoms with Crippen LogP contribution in [0.1, 0.15) is 123 Å².